The normalized spacial score (nSPS) is 16.0. The van der Waals surface area contributed by atoms with Crippen LogP contribution in [-0.2, 0) is 6.42 Å². The van der Waals surface area contributed by atoms with Gasteiger partial charge in [0.2, 0.25) is 0 Å². The van der Waals surface area contributed by atoms with Gasteiger partial charge in [-0.1, -0.05) is 25.3 Å². The Balaban J connectivity index is 1.59. The molecule has 6 heteroatoms. The van der Waals surface area contributed by atoms with Gasteiger partial charge in [0.1, 0.15) is 6.07 Å². The van der Waals surface area contributed by atoms with Gasteiger partial charge in [-0.25, -0.2) is 4.98 Å². The van der Waals surface area contributed by atoms with E-state index in [1.807, 2.05) is 18.6 Å². The first kappa shape index (κ1) is 18.8. The Kier molecular flexibility index (Phi) is 4.97. The molecule has 3 aromatic rings. The van der Waals surface area contributed by atoms with Crippen molar-refractivity contribution in [1.82, 2.24) is 9.55 Å². The number of nitrogens with two attached hydrogens (primary N) is 1. The van der Waals surface area contributed by atoms with Crippen molar-refractivity contribution in [3.63, 3.8) is 0 Å². The summed E-state index contributed by atoms with van der Waals surface area (Å²) in [5.41, 5.74) is 13.4. The minimum atomic E-state index is 0.512. The molecule has 1 aromatic heterocycles. The van der Waals surface area contributed by atoms with Crippen LogP contribution >= 0.6 is 0 Å². The van der Waals surface area contributed by atoms with Gasteiger partial charge in [-0.05, 0) is 36.6 Å². The lowest BCUT2D eigenvalue weighted by molar-refractivity contribution is 0.359. The zero-order chi connectivity index (χ0) is 20.5. The molecule has 6 nitrogen and oxygen atoms in total. The van der Waals surface area contributed by atoms with E-state index in [-0.39, 0.29) is 0 Å². The number of nitriles is 1. The molecule has 0 amide bonds. The van der Waals surface area contributed by atoms with Gasteiger partial charge >= 0.3 is 0 Å². The first-order chi connectivity index (χ1) is 14.8. The Hall–Kier alpha value is -3.17. The maximum Gasteiger partial charge on any atom is 0.102 e. The van der Waals surface area contributed by atoms with Gasteiger partial charge in [0.15, 0.2) is 0 Å². The molecule has 3 N–H and O–H groups in total. The lowest BCUT2D eigenvalue weighted by Gasteiger charge is -2.23. The Bertz CT molecular complexity index is 1160. The molecule has 30 heavy (non-hydrogen) atoms. The van der Waals surface area contributed by atoms with Crippen molar-refractivity contribution in [3.05, 3.63) is 41.7 Å². The van der Waals surface area contributed by atoms with Gasteiger partial charge in [-0.15, -0.1) is 0 Å². The minimum Gasteiger partial charge on any atom is -0.383 e. The second-order valence-corrected chi connectivity index (χ2v) is 8.16. The molecule has 2 heterocycles. The SMILES string of the molecule is N#Cc1c(NCCN)cc(-c2ccc3c(c2)ncn3C2CCCCC2)c2c1CC=N2. The van der Waals surface area contributed by atoms with Crippen LogP contribution < -0.4 is 11.1 Å². The van der Waals surface area contributed by atoms with Crippen LogP contribution in [-0.4, -0.2) is 28.9 Å². The largest absolute Gasteiger partial charge is 0.383 e. The smallest absolute Gasteiger partial charge is 0.102 e. The standard InChI is InChI=1S/C24H26N6/c25-9-11-27-21-13-19(24-18(8-10-28-24)20(21)14-26)16-6-7-23-22(12-16)29-15-30(23)17-4-2-1-3-5-17/h6-7,10,12-13,15,17,27H,1-5,8-9,11,25H2. The Morgan fingerprint density at radius 3 is 2.87 bits per heavy atom. The number of nitrogens with one attached hydrogen (secondary N) is 1. The molecule has 2 aliphatic rings. The summed E-state index contributed by atoms with van der Waals surface area (Å²) >= 11 is 0. The van der Waals surface area contributed by atoms with E-state index in [4.69, 9.17) is 10.7 Å². The summed E-state index contributed by atoms with van der Waals surface area (Å²) in [5, 5.41) is 13.0. The number of hydrogen-bond donors (Lipinski definition) is 2. The minimum absolute atomic E-state index is 0.512. The molecular formula is C24H26N6. The van der Waals surface area contributed by atoms with E-state index in [9.17, 15) is 5.26 Å². The number of hydrogen-bond acceptors (Lipinski definition) is 5. The molecule has 1 saturated carbocycles. The maximum atomic E-state index is 9.72. The van der Waals surface area contributed by atoms with Crippen LogP contribution in [0.1, 0.15) is 49.3 Å². The highest BCUT2D eigenvalue weighted by atomic mass is 15.1. The average Bonchev–Trinajstić information content (AvgIpc) is 3.44. The first-order valence-corrected chi connectivity index (χ1v) is 10.8. The number of rotatable bonds is 5. The fraction of sp³-hybridized carbons (Fsp3) is 0.375. The van der Waals surface area contributed by atoms with Crippen molar-refractivity contribution in [1.29, 1.82) is 5.26 Å². The van der Waals surface area contributed by atoms with E-state index in [2.05, 4.69) is 39.1 Å². The van der Waals surface area contributed by atoms with E-state index in [1.54, 1.807) is 0 Å². The van der Waals surface area contributed by atoms with Crippen molar-refractivity contribution in [2.75, 3.05) is 18.4 Å². The summed E-state index contributed by atoms with van der Waals surface area (Å²) in [4.78, 5) is 9.33. The van der Waals surface area contributed by atoms with E-state index in [0.29, 0.717) is 31.1 Å². The van der Waals surface area contributed by atoms with Crippen LogP contribution in [0, 0.1) is 11.3 Å². The monoisotopic (exact) mass is 398 g/mol. The molecular weight excluding hydrogens is 372 g/mol. The van der Waals surface area contributed by atoms with Crippen molar-refractivity contribution in [2.24, 2.45) is 10.7 Å². The van der Waals surface area contributed by atoms with Crippen molar-refractivity contribution in [3.8, 4) is 17.2 Å². The number of nitrogens with zero attached hydrogens (tertiary/aromatic N) is 4. The summed E-state index contributed by atoms with van der Waals surface area (Å²) in [6.07, 6.45) is 11.0. The molecule has 0 spiro atoms. The zero-order valence-corrected chi connectivity index (χ0v) is 17.1. The Morgan fingerprint density at radius 1 is 1.20 bits per heavy atom. The second-order valence-electron chi connectivity index (χ2n) is 8.16. The number of benzene rings is 2. The van der Waals surface area contributed by atoms with Crippen LogP contribution in [0.3, 0.4) is 0 Å². The van der Waals surface area contributed by atoms with Crippen LogP contribution in [0.25, 0.3) is 22.2 Å². The fourth-order valence-corrected chi connectivity index (χ4v) is 4.85. The van der Waals surface area contributed by atoms with Gasteiger partial charge in [0.05, 0.1) is 34.3 Å². The third kappa shape index (κ3) is 3.16. The van der Waals surface area contributed by atoms with Gasteiger partial charge < -0.3 is 15.6 Å². The molecule has 0 saturated heterocycles. The third-order valence-corrected chi connectivity index (χ3v) is 6.34. The Morgan fingerprint density at radius 2 is 2.07 bits per heavy atom. The second kappa shape index (κ2) is 7.92. The highest BCUT2D eigenvalue weighted by Crippen LogP contribution is 2.42. The van der Waals surface area contributed by atoms with Gasteiger partial charge in [-0.3, -0.25) is 4.99 Å². The molecule has 1 fully saturated rings. The predicted octanol–water partition coefficient (Wildman–Crippen LogP) is 4.71. The molecule has 0 radical (unpaired) electrons. The highest BCUT2D eigenvalue weighted by molar-refractivity contribution is 5.94. The van der Waals surface area contributed by atoms with Crippen LogP contribution in [0.2, 0.25) is 0 Å². The third-order valence-electron chi connectivity index (χ3n) is 6.34. The number of aromatic nitrogens is 2. The Labute approximate surface area is 176 Å². The lowest BCUT2D eigenvalue weighted by atomic mass is 9.94. The average molecular weight is 399 g/mol. The van der Waals surface area contributed by atoms with E-state index >= 15 is 0 Å². The number of imidazole rings is 1. The zero-order valence-electron chi connectivity index (χ0n) is 17.1. The molecule has 1 aliphatic heterocycles. The first-order valence-electron chi connectivity index (χ1n) is 10.8. The molecule has 2 aromatic carbocycles. The van der Waals surface area contributed by atoms with E-state index in [1.165, 1.54) is 37.6 Å². The van der Waals surface area contributed by atoms with Crippen LogP contribution in [0.5, 0.6) is 0 Å². The molecule has 0 bridgehead atoms. The van der Waals surface area contributed by atoms with E-state index < -0.39 is 0 Å². The number of fused-ring (bicyclic) bond motifs is 2. The fourth-order valence-electron chi connectivity index (χ4n) is 4.85. The molecule has 152 valence electrons. The maximum absolute atomic E-state index is 9.72. The van der Waals surface area contributed by atoms with Crippen molar-refractivity contribution in [2.45, 2.75) is 44.6 Å². The van der Waals surface area contributed by atoms with Gasteiger partial charge in [-0.2, -0.15) is 5.26 Å². The quantitative estimate of drug-likeness (QED) is 0.651. The topological polar surface area (TPSA) is 92.0 Å². The highest BCUT2D eigenvalue weighted by Gasteiger charge is 2.22. The summed E-state index contributed by atoms with van der Waals surface area (Å²) in [7, 11) is 0. The molecule has 0 atom stereocenters. The number of aliphatic imine (C=N–C) groups is 1. The number of anilines is 1. The van der Waals surface area contributed by atoms with Gasteiger partial charge in [0, 0.05) is 42.9 Å². The molecule has 5 rings (SSSR count). The predicted molar refractivity (Wildman–Crippen MR) is 121 cm³/mol. The van der Waals surface area contributed by atoms with Crippen molar-refractivity contribution < 1.29 is 0 Å². The lowest BCUT2D eigenvalue weighted by Crippen LogP contribution is -2.14. The van der Waals surface area contributed by atoms with Crippen LogP contribution in [0.4, 0.5) is 11.4 Å². The van der Waals surface area contributed by atoms with E-state index in [0.717, 1.165) is 33.6 Å². The van der Waals surface area contributed by atoms with Crippen molar-refractivity contribution >= 4 is 28.6 Å². The molecule has 0 unspecified atom stereocenters. The van der Waals surface area contributed by atoms with Crippen LogP contribution in [0.15, 0.2) is 35.6 Å². The summed E-state index contributed by atoms with van der Waals surface area (Å²) < 4.78 is 2.36. The summed E-state index contributed by atoms with van der Waals surface area (Å²) in [6, 6.07) is 11.4. The molecule has 1 aliphatic carbocycles. The summed E-state index contributed by atoms with van der Waals surface area (Å²) in [5.74, 6) is 0. The van der Waals surface area contributed by atoms with Gasteiger partial charge in [0.25, 0.3) is 0 Å². The summed E-state index contributed by atoms with van der Waals surface area (Å²) in [6.45, 7) is 1.14.